The van der Waals surface area contributed by atoms with Gasteiger partial charge in [0, 0.05) is 0 Å². The smallest absolute Gasteiger partial charge is 0.409 e. The molecule has 1 aliphatic rings. The van der Waals surface area contributed by atoms with E-state index in [-0.39, 0.29) is 10.6 Å². The molecular weight excluding hydrogens is 269 g/mol. The summed E-state index contributed by atoms with van der Waals surface area (Å²) >= 11 is 0. The molecule has 0 saturated carbocycles. The van der Waals surface area contributed by atoms with Crippen molar-refractivity contribution in [2.45, 2.75) is 29.7 Å². The number of ether oxygens (including phenoxy) is 1. The third-order valence-electron chi connectivity index (χ3n) is 2.85. The molecule has 0 bridgehead atoms. The molecule has 0 unspecified atom stereocenters. The summed E-state index contributed by atoms with van der Waals surface area (Å²) in [4.78, 5) is -0.365. The van der Waals surface area contributed by atoms with Gasteiger partial charge in [0.2, 0.25) is 0 Å². The van der Waals surface area contributed by atoms with Gasteiger partial charge in [-0.05, 0) is 24.1 Å². The molecule has 0 spiro atoms. The van der Waals surface area contributed by atoms with Crippen LogP contribution in [0.3, 0.4) is 0 Å². The Hall–Kier alpha value is -1.24. The highest BCUT2D eigenvalue weighted by Gasteiger charge is 2.52. The van der Waals surface area contributed by atoms with E-state index in [0.29, 0.717) is 12.0 Å². The maximum Gasteiger partial charge on any atom is 0.409 e. The zero-order chi connectivity index (χ0) is 13.6. The molecule has 0 N–H and O–H groups in total. The summed E-state index contributed by atoms with van der Waals surface area (Å²) in [5.74, 6) is -0.00676. The van der Waals surface area contributed by atoms with Crippen LogP contribution in [-0.4, -0.2) is 26.5 Å². The van der Waals surface area contributed by atoms with E-state index < -0.39 is 27.9 Å². The number of rotatable bonds is 1. The Morgan fingerprint density at radius 2 is 2.06 bits per heavy atom. The molecule has 1 aliphatic heterocycles. The summed E-state index contributed by atoms with van der Waals surface area (Å²) in [6.45, 7) is 0.906. The van der Waals surface area contributed by atoms with E-state index in [1.54, 1.807) is 13.0 Å². The lowest BCUT2D eigenvalue weighted by Gasteiger charge is -2.27. The van der Waals surface area contributed by atoms with Crippen LogP contribution in [0, 0.1) is 0 Å². The summed E-state index contributed by atoms with van der Waals surface area (Å²) in [5, 5.41) is -2.48. The summed E-state index contributed by atoms with van der Waals surface area (Å²) in [7, 11) is -4.42. The van der Waals surface area contributed by atoms with Crippen LogP contribution in [0.2, 0.25) is 0 Å². The molecule has 0 aliphatic carbocycles. The minimum absolute atomic E-state index is 0.00676. The Bertz CT molecular complexity index is 563. The van der Waals surface area contributed by atoms with E-state index >= 15 is 0 Å². The zero-order valence-electron chi connectivity index (χ0n) is 9.49. The molecule has 100 valence electrons. The van der Waals surface area contributed by atoms with Crippen LogP contribution in [-0.2, 0) is 16.3 Å². The fraction of sp³-hybridized carbons (Fsp3) is 0.455. The van der Waals surface area contributed by atoms with Crippen molar-refractivity contribution in [1.82, 2.24) is 0 Å². The number of aryl methyl sites for hydroxylation is 1. The molecule has 0 saturated heterocycles. The highest BCUT2D eigenvalue weighted by atomic mass is 32.2. The van der Waals surface area contributed by atoms with E-state index in [0.717, 1.165) is 0 Å². The van der Waals surface area contributed by atoms with Gasteiger partial charge >= 0.3 is 6.18 Å². The summed E-state index contributed by atoms with van der Waals surface area (Å²) in [6, 6.07) is 4.29. The number of benzene rings is 1. The normalized spacial score (nSPS) is 22.1. The summed E-state index contributed by atoms with van der Waals surface area (Å²) in [6.07, 6.45) is -4.28. The van der Waals surface area contributed by atoms with Crippen LogP contribution >= 0.6 is 0 Å². The van der Waals surface area contributed by atoms with E-state index in [4.69, 9.17) is 4.74 Å². The second-order valence-electron chi connectivity index (χ2n) is 4.02. The topological polar surface area (TPSA) is 43.4 Å². The maximum atomic E-state index is 12.7. The van der Waals surface area contributed by atoms with Gasteiger partial charge in [-0.15, -0.1) is 0 Å². The van der Waals surface area contributed by atoms with E-state index in [9.17, 15) is 21.6 Å². The van der Waals surface area contributed by atoms with Crippen molar-refractivity contribution in [3.63, 3.8) is 0 Å². The van der Waals surface area contributed by atoms with E-state index in [1.165, 1.54) is 12.1 Å². The fourth-order valence-corrected chi connectivity index (χ4v) is 3.42. The molecule has 0 fully saturated rings. The Labute approximate surface area is 102 Å². The fourth-order valence-electron chi connectivity index (χ4n) is 1.79. The first kappa shape index (κ1) is 13.2. The maximum absolute atomic E-state index is 12.7. The average Bonchev–Trinajstić information content (AvgIpc) is 2.26. The predicted molar refractivity (Wildman–Crippen MR) is 58.3 cm³/mol. The predicted octanol–water partition coefficient (Wildman–Crippen LogP) is 2.35. The highest BCUT2D eigenvalue weighted by Crippen LogP contribution is 2.38. The number of hydrogen-bond acceptors (Lipinski definition) is 3. The third kappa shape index (κ3) is 2.07. The van der Waals surface area contributed by atoms with Gasteiger partial charge in [0.25, 0.3) is 0 Å². The van der Waals surface area contributed by atoms with Crippen molar-refractivity contribution in [1.29, 1.82) is 0 Å². The number of alkyl halides is 3. The molecule has 7 heteroatoms. The standard InChI is InChI=1S/C11H11F3O3S/c1-2-7-3-4-8-9(5-7)18(15,16)10(6-17-8)11(12,13)14/h3-5,10H,2,6H2,1H3/t10-/m0/s1. The number of fused-ring (bicyclic) bond motifs is 1. The van der Waals surface area contributed by atoms with Gasteiger partial charge < -0.3 is 4.74 Å². The van der Waals surface area contributed by atoms with Crippen molar-refractivity contribution in [2.75, 3.05) is 6.61 Å². The zero-order valence-corrected chi connectivity index (χ0v) is 10.3. The van der Waals surface area contributed by atoms with Crippen LogP contribution < -0.4 is 4.74 Å². The Morgan fingerprint density at radius 1 is 1.39 bits per heavy atom. The van der Waals surface area contributed by atoms with Crippen molar-refractivity contribution in [3.05, 3.63) is 23.8 Å². The van der Waals surface area contributed by atoms with Crippen LogP contribution in [0.5, 0.6) is 5.75 Å². The average molecular weight is 280 g/mol. The second kappa shape index (κ2) is 4.15. The molecule has 0 amide bonds. The molecule has 1 aromatic carbocycles. The minimum Gasteiger partial charge on any atom is -0.490 e. The lowest BCUT2D eigenvalue weighted by molar-refractivity contribution is -0.136. The van der Waals surface area contributed by atoms with Gasteiger partial charge in [0.1, 0.15) is 17.3 Å². The molecule has 3 nitrogen and oxygen atoms in total. The van der Waals surface area contributed by atoms with Crippen molar-refractivity contribution in [3.8, 4) is 5.75 Å². The van der Waals surface area contributed by atoms with Crippen LogP contribution in [0.1, 0.15) is 12.5 Å². The molecule has 1 aromatic rings. The molecule has 18 heavy (non-hydrogen) atoms. The third-order valence-corrected chi connectivity index (χ3v) is 4.94. The largest absolute Gasteiger partial charge is 0.490 e. The van der Waals surface area contributed by atoms with Gasteiger partial charge in [-0.25, -0.2) is 8.42 Å². The lowest BCUT2D eigenvalue weighted by atomic mass is 10.2. The molecular formula is C11H11F3O3S. The van der Waals surface area contributed by atoms with Gasteiger partial charge in [-0.2, -0.15) is 13.2 Å². The van der Waals surface area contributed by atoms with E-state index in [1.807, 2.05) is 0 Å². The van der Waals surface area contributed by atoms with E-state index in [2.05, 4.69) is 0 Å². The van der Waals surface area contributed by atoms with Gasteiger partial charge in [0.05, 0.1) is 0 Å². The molecule has 2 rings (SSSR count). The molecule has 1 heterocycles. The number of hydrogen-bond donors (Lipinski definition) is 0. The Balaban J connectivity index is 2.57. The quantitative estimate of drug-likeness (QED) is 0.793. The summed E-state index contributed by atoms with van der Waals surface area (Å²) in [5.41, 5.74) is 0.656. The van der Waals surface area contributed by atoms with Crippen LogP contribution in [0.15, 0.2) is 23.1 Å². The Morgan fingerprint density at radius 3 is 2.61 bits per heavy atom. The minimum atomic E-state index is -4.82. The molecule has 0 aromatic heterocycles. The van der Waals surface area contributed by atoms with Gasteiger partial charge in [-0.1, -0.05) is 13.0 Å². The number of sulfone groups is 1. The van der Waals surface area contributed by atoms with Crippen molar-refractivity contribution in [2.24, 2.45) is 0 Å². The number of halogens is 3. The SMILES string of the molecule is CCc1ccc2c(c1)S(=O)(=O)[C@H](C(F)(F)F)CO2. The first-order chi connectivity index (χ1) is 8.26. The van der Waals surface area contributed by atoms with Gasteiger partial charge in [0.15, 0.2) is 15.1 Å². The Kier molecular flexibility index (Phi) is 3.04. The molecule has 0 radical (unpaired) electrons. The van der Waals surface area contributed by atoms with Crippen molar-refractivity contribution < 1.29 is 26.3 Å². The monoisotopic (exact) mass is 280 g/mol. The molecule has 1 atom stereocenters. The van der Waals surface area contributed by atoms with Gasteiger partial charge in [-0.3, -0.25) is 0 Å². The first-order valence-corrected chi connectivity index (χ1v) is 6.87. The van der Waals surface area contributed by atoms with Crippen molar-refractivity contribution >= 4 is 9.84 Å². The second-order valence-corrected chi connectivity index (χ2v) is 6.12. The highest BCUT2D eigenvalue weighted by molar-refractivity contribution is 7.92. The summed E-state index contributed by atoms with van der Waals surface area (Å²) < 4.78 is 66.7. The first-order valence-electron chi connectivity index (χ1n) is 5.33. The van der Waals surface area contributed by atoms with Crippen LogP contribution in [0.25, 0.3) is 0 Å². The lowest BCUT2D eigenvalue weighted by Crippen LogP contribution is -2.44. The van der Waals surface area contributed by atoms with Crippen LogP contribution in [0.4, 0.5) is 13.2 Å².